The number of aromatic nitrogens is 2. The first-order chi connectivity index (χ1) is 15.0. The molecule has 0 aliphatic carbocycles. The van der Waals surface area contributed by atoms with Crippen molar-refractivity contribution in [3.63, 3.8) is 0 Å². The van der Waals surface area contributed by atoms with Gasteiger partial charge >= 0.3 is 0 Å². The average molecular weight is 470 g/mol. The van der Waals surface area contributed by atoms with Crippen molar-refractivity contribution in [2.45, 2.75) is 25.5 Å². The van der Waals surface area contributed by atoms with E-state index >= 15 is 0 Å². The molecule has 5 nitrogen and oxygen atoms in total. The van der Waals surface area contributed by atoms with Crippen LogP contribution in [0, 0.1) is 6.92 Å². The lowest BCUT2D eigenvalue weighted by Crippen LogP contribution is -2.23. The van der Waals surface area contributed by atoms with Crippen LogP contribution in [-0.4, -0.2) is 21.2 Å². The highest BCUT2D eigenvalue weighted by molar-refractivity contribution is 7.99. The highest BCUT2D eigenvalue weighted by atomic mass is 35.5. The molecule has 0 aliphatic rings. The van der Waals surface area contributed by atoms with Crippen molar-refractivity contribution in [3.05, 3.63) is 74.9 Å². The van der Waals surface area contributed by atoms with E-state index in [-0.39, 0.29) is 17.2 Å². The van der Waals surface area contributed by atoms with Gasteiger partial charge in [0.25, 0.3) is 5.56 Å². The van der Waals surface area contributed by atoms with Gasteiger partial charge in [-0.2, -0.15) is 0 Å². The summed E-state index contributed by atoms with van der Waals surface area (Å²) in [6.45, 7) is 4.42. The summed E-state index contributed by atoms with van der Waals surface area (Å²) in [5, 5.41) is 5.78. The van der Waals surface area contributed by atoms with Crippen LogP contribution in [0.4, 0.5) is 5.69 Å². The zero-order chi connectivity index (χ0) is 22.0. The Morgan fingerprint density at radius 3 is 2.65 bits per heavy atom. The number of anilines is 1. The number of hydrogen-bond donors (Lipinski definition) is 1. The third kappa shape index (κ3) is 4.54. The smallest absolute Gasteiger partial charge is 0.272 e. The summed E-state index contributed by atoms with van der Waals surface area (Å²) >= 11 is 8.77. The fourth-order valence-corrected chi connectivity index (χ4v) is 5.19. The van der Waals surface area contributed by atoms with Gasteiger partial charge in [0.1, 0.15) is 4.70 Å². The van der Waals surface area contributed by atoms with Crippen molar-refractivity contribution in [1.82, 2.24) is 9.55 Å². The number of carbonyl (C=O) groups is 1. The van der Waals surface area contributed by atoms with Crippen LogP contribution in [0.2, 0.25) is 5.02 Å². The van der Waals surface area contributed by atoms with Gasteiger partial charge in [0.05, 0.1) is 22.0 Å². The lowest BCUT2D eigenvalue weighted by Gasteiger charge is -2.11. The second kappa shape index (κ2) is 9.26. The Balaban J connectivity index is 1.64. The first-order valence-corrected chi connectivity index (χ1v) is 12.0. The van der Waals surface area contributed by atoms with Gasteiger partial charge in [-0.25, -0.2) is 4.98 Å². The number of aryl methyl sites for hydroxylation is 1. The molecule has 2 aromatic carbocycles. The molecule has 4 aromatic rings. The molecule has 31 heavy (non-hydrogen) atoms. The molecule has 0 radical (unpaired) electrons. The molecule has 1 N–H and O–H groups in total. The van der Waals surface area contributed by atoms with Crippen molar-refractivity contribution >= 4 is 56.5 Å². The molecule has 4 rings (SSSR count). The summed E-state index contributed by atoms with van der Waals surface area (Å²) in [5.41, 5.74) is 4.28. The largest absolute Gasteiger partial charge is 0.324 e. The number of thiophene rings is 1. The Morgan fingerprint density at radius 2 is 1.94 bits per heavy atom. The van der Waals surface area contributed by atoms with Crippen LogP contribution < -0.4 is 10.9 Å². The predicted octanol–water partition coefficient (Wildman–Crippen LogP) is 5.84. The minimum Gasteiger partial charge on any atom is -0.324 e. The molecule has 0 unspecified atom stereocenters. The summed E-state index contributed by atoms with van der Waals surface area (Å²) in [6, 6.07) is 15.2. The van der Waals surface area contributed by atoms with Crippen LogP contribution in [0.5, 0.6) is 0 Å². The summed E-state index contributed by atoms with van der Waals surface area (Å²) in [7, 11) is 0. The van der Waals surface area contributed by atoms with Gasteiger partial charge < -0.3 is 5.32 Å². The molecule has 0 aliphatic heterocycles. The zero-order valence-electron chi connectivity index (χ0n) is 17.0. The summed E-state index contributed by atoms with van der Waals surface area (Å²) in [5.74, 6) is -0.0909. The highest BCUT2D eigenvalue weighted by Crippen LogP contribution is 2.32. The third-order valence-electron chi connectivity index (χ3n) is 4.80. The van der Waals surface area contributed by atoms with Gasteiger partial charge in [0.2, 0.25) is 5.91 Å². The summed E-state index contributed by atoms with van der Waals surface area (Å²) in [6.07, 6.45) is 0. The molecule has 0 fully saturated rings. The van der Waals surface area contributed by atoms with E-state index in [1.54, 1.807) is 22.8 Å². The van der Waals surface area contributed by atoms with E-state index in [0.717, 1.165) is 11.1 Å². The second-order valence-corrected chi connectivity index (χ2v) is 9.18. The van der Waals surface area contributed by atoms with Crippen molar-refractivity contribution in [3.8, 4) is 11.1 Å². The lowest BCUT2D eigenvalue weighted by molar-refractivity contribution is -0.113. The zero-order valence-corrected chi connectivity index (χ0v) is 19.4. The summed E-state index contributed by atoms with van der Waals surface area (Å²) in [4.78, 5) is 30.3. The number of fused-ring (bicyclic) bond motifs is 1. The Hall–Kier alpha value is -2.61. The molecular formula is C23H20ClN3O2S2. The van der Waals surface area contributed by atoms with E-state index in [2.05, 4.69) is 5.32 Å². The number of thioether (sulfide) groups is 1. The number of benzene rings is 2. The van der Waals surface area contributed by atoms with Crippen molar-refractivity contribution < 1.29 is 4.79 Å². The van der Waals surface area contributed by atoms with Gasteiger partial charge in [-0.05, 0) is 31.5 Å². The second-order valence-electron chi connectivity index (χ2n) is 6.95. The molecule has 0 spiro atoms. The minimum atomic E-state index is -0.209. The van der Waals surface area contributed by atoms with Gasteiger partial charge in [-0.1, -0.05) is 65.3 Å². The van der Waals surface area contributed by atoms with Crippen LogP contribution in [-0.2, 0) is 11.3 Å². The van der Waals surface area contributed by atoms with E-state index in [9.17, 15) is 9.59 Å². The number of nitrogens with one attached hydrogen (secondary N) is 1. The van der Waals surface area contributed by atoms with Crippen molar-refractivity contribution in [2.24, 2.45) is 0 Å². The maximum absolute atomic E-state index is 13.1. The van der Waals surface area contributed by atoms with Gasteiger partial charge in [-0.15, -0.1) is 11.3 Å². The number of hydrogen-bond acceptors (Lipinski definition) is 5. The van der Waals surface area contributed by atoms with Gasteiger partial charge in [-0.3, -0.25) is 14.2 Å². The first kappa shape index (κ1) is 21.6. The normalized spacial score (nSPS) is 11.1. The van der Waals surface area contributed by atoms with Crippen LogP contribution >= 0.6 is 34.7 Å². The van der Waals surface area contributed by atoms with Gasteiger partial charge in [0.15, 0.2) is 5.16 Å². The van der Waals surface area contributed by atoms with E-state index in [1.807, 2.05) is 49.6 Å². The number of rotatable bonds is 6. The molecular weight excluding hydrogens is 450 g/mol. The lowest BCUT2D eigenvalue weighted by atomic mass is 10.1. The third-order valence-corrected chi connectivity index (χ3v) is 7.06. The predicted molar refractivity (Wildman–Crippen MR) is 131 cm³/mol. The number of nitrogens with zero attached hydrogens (tertiary/aromatic N) is 2. The van der Waals surface area contributed by atoms with Crippen LogP contribution in [0.3, 0.4) is 0 Å². The summed E-state index contributed by atoms with van der Waals surface area (Å²) < 4.78 is 2.24. The fourth-order valence-electron chi connectivity index (χ4n) is 3.19. The van der Waals surface area contributed by atoms with Crippen molar-refractivity contribution in [2.75, 3.05) is 11.1 Å². The van der Waals surface area contributed by atoms with Crippen LogP contribution in [0.1, 0.15) is 12.5 Å². The standard InChI is InChI=1S/C23H20ClN3O2S2/c1-3-27-22(29)21-20(16(12-30-21)15-10-8-14(2)9-11-15)26-23(27)31-13-19(28)25-18-7-5-4-6-17(18)24/h4-12H,3,13H2,1-2H3,(H,25,28). The fraction of sp³-hybridized carbons (Fsp3) is 0.174. The molecule has 2 heterocycles. The Morgan fingerprint density at radius 1 is 1.19 bits per heavy atom. The van der Waals surface area contributed by atoms with Gasteiger partial charge in [0, 0.05) is 17.5 Å². The van der Waals surface area contributed by atoms with E-state index in [0.29, 0.717) is 32.6 Å². The quantitative estimate of drug-likeness (QED) is 0.284. The van der Waals surface area contributed by atoms with Crippen LogP contribution in [0.25, 0.3) is 21.3 Å². The van der Waals surface area contributed by atoms with Crippen LogP contribution in [0.15, 0.2) is 63.9 Å². The number of amides is 1. The first-order valence-electron chi connectivity index (χ1n) is 9.74. The SMILES string of the molecule is CCn1c(SCC(=O)Nc2ccccc2Cl)nc2c(-c3ccc(C)cc3)csc2c1=O. The molecule has 0 saturated heterocycles. The molecule has 0 saturated carbocycles. The Labute approximate surface area is 193 Å². The van der Waals surface area contributed by atoms with E-state index < -0.39 is 0 Å². The minimum absolute atomic E-state index is 0.0788. The molecule has 1 amide bonds. The maximum atomic E-state index is 13.1. The molecule has 0 atom stereocenters. The number of halogens is 1. The molecule has 8 heteroatoms. The topological polar surface area (TPSA) is 64.0 Å². The average Bonchev–Trinajstić information content (AvgIpc) is 3.19. The maximum Gasteiger partial charge on any atom is 0.272 e. The monoisotopic (exact) mass is 469 g/mol. The highest BCUT2D eigenvalue weighted by Gasteiger charge is 2.17. The van der Waals surface area contributed by atoms with E-state index in [1.165, 1.54) is 28.7 Å². The number of carbonyl (C=O) groups excluding carboxylic acids is 1. The Kier molecular flexibility index (Phi) is 6.46. The van der Waals surface area contributed by atoms with Crippen molar-refractivity contribution in [1.29, 1.82) is 0 Å². The molecule has 2 aromatic heterocycles. The molecule has 0 bridgehead atoms. The number of para-hydroxylation sites is 1. The molecule has 158 valence electrons. The van der Waals surface area contributed by atoms with E-state index in [4.69, 9.17) is 16.6 Å². The Bertz CT molecular complexity index is 1310.